The lowest BCUT2D eigenvalue weighted by molar-refractivity contribution is 0.481. The highest BCUT2D eigenvalue weighted by molar-refractivity contribution is 7.96. The zero-order valence-corrected chi connectivity index (χ0v) is 20.1. The molecule has 32 heavy (non-hydrogen) atoms. The fraction of sp³-hybridized carbons (Fsp3) is 0.222. The van der Waals surface area contributed by atoms with E-state index in [0.29, 0.717) is 23.6 Å². The summed E-state index contributed by atoms with van der Waals surface area (Å²) >= 11 is 0. The Labute approximate surface area is 189 Å². The largest absolute Gasteiger partial charge is 0.294 e. The normalized spacial score (nSPS) is 20.2. The molecule has 0 spiro atoms. The van der Waals surface area contributed by atoms with Crippen LogP contribution in [0.1, 0.15) is 26.7 Å². The number of hydrogen-bond donors (Lipinski definition) is 2. The predicted octanol–water partition coefficient (Wildman–Crippen LogP) is 0.532. The van der Waals surface area contributed by atoms with Crippen molar-refractivity contribution in [3.05, 3.63) is 57.5 Å². The summed E-state index contributed by atoms with van der Waals surface area (Å²) in [6.45, 7) is 3.87. The Hall–Kier alpha value is -2.10. The molecule has 0 bridgehead atoms. The molecule has 4 rings (SSSR count). The van der Waals surface area contributed by atoms with Gasteiger partial charge in [-0.3, -0.25) is 9.11 Å². The lowest BCUT2D eigenvalue weighted by atomic mass is 10.2. The van der Waals surface area contributed by atoms with Crippen LogP contribution in [0.15, 0.2) is 63.9 Å². The maximum absolute atomic E-state index is 11.4. The highest BCUT2D eigenvalue weighted by atomic mass is 32.2. The topological polar surface area (TPSA) is 158 Å². The van der Waals surface area contributed by atoms with Gasteiger partial charge in [-0.25, -0.2) is 0 Å². The predicted molar refractivity (Wildman–Crippen MR) is 121 cm³/mol. The standard InChI is InChI=1S/C18H18N4O6S4/c1-3-17-13-7-5-11(31(23,24)25)9-15(13)19-29(17)21-22-30-18(4-2)14-8-6-12(32(26,27)28)10-16(14)20-30/h5-10H,3-4H2,1-2H3,(H,23,24,25)(H,26,27,28). The Morgan fingerprint density at radius 3 is 1.44 bits per heavy atom. The highest BCUT2D eigenvalue weighted by Crippen LogP contribution is 2.18. The van der Waals surface area contributed by atoms with E-state index in [1.54, 1.807) is 12.1 Å². The summed E-state index contributed by atoms with van der Waals surface area (Å²) in [5.41, 5.74) is 0. The summed E-state index contributed by atoms with van der Waals surface area (Å²) in [5.74, 6) is 0. The second-order valence-corrected chi connectivity index (χ2v) is 12.3. The Bertz CT molecular complexity index is 1570. The maximum atomic E-state index is 11.4. The van der Waals surface area contributed by atoms with E-state index < -0.39 is 42.0 Å². The molecule has 0 aliphatic carbocycles. The average molecular weight is 515 g/mol. The Morgan fingerprint density at radius 2 is 1.12 bits per heavy atom. The molecule has 0 saturated carbocycles. The van der Waals surface area contributed by atoms with Crippen molar-refractivity contribution in [3.63, 3.8) is 0 Å². The van der Waals surface area contributed by atoms with E-state index in [-0.39, 0.29) is 9.79 Å². The minimum atomic E-state index is -4.34. The summed E-state index contributed by atoms with van der Waals surface area (Å²) in [6.07, 6.45) is 1.24. The van der Waals surface area contributed by atoms with E-state index >= 15 is 0 Å². The first kappa shape index (κ1) is 23.1. The van der Waals surface area contributed by atoms with Gasteiger partial charge in [-0.1, -0.05) is 34.9 Å². The van der Waals surface area contributed by atoms with Gasteiger partial charge in [0.1, 0.15) is 0 Å². The van der Waals surface area contributed by atoms with Gasteiger partial charge in [0.25, 0.3) is 20.2 Å². The lowest BCUT2D eigenvalue weighted by Gasteiger charge is -2.00. The van der Waals surface area contributed by atoms with Gasteiger partial charge in [0, 0.05) is 20.2 Å². The molecule has 2 atom stereocenters. The number of benzene rings is 2. The third-order valence-electron chi connectivity index (χ3n) is 4.78. The van der Waals surface area contributed by atoms with Gasteiger partial charge in [0.2, 0.25) is 0 Å². The molecule has 2 aliphatic rings. The Kier molecular flexibility index (Phi) is 6.02. The summed E-state index contributed by atoms with van der Waals surface area (Å²) in [4.78, 5) is 1.30. The molecule has 2 N–H and O–H groups in total. The van der Waals surface area contributed by atoms with E-state index in [0.717, 1.165) is 20.2 Å². The van der Waals surface area contributed by atoms with Crippen LogP contribution in [0.4, 0.5) is 0 Å². The highest BCUT2D eigenvalue weighted by Gasteiger charge is 2.18. The van der Waals surface area contributed by atoms with E-state index in [2.05, 4.69) is 17.7 Å². The molecule has 14 heteroatoms. The fourth-order valence-electron chi connectivity index (χ4n) is 3.30. The third kappa shape index (κ3) is 4.25. The SMILES string of the molecule is CCC1=c2ccc(S(=O)(=O)O)cc2=NS1=NN=S1N=c2cc(S(=O)(=O)O)ccc2=C1CC. The van der Waals surface area contributed by atoms with Crippen LogP contribution in [-0.2, 0) is 42.0 Å². The molecule has 2 aromatic carbocycles. The number of rotatable bonds is 5. The molecule has 0 aromatic heterocycles. The molecule has 2 aliphatic heterocycles. The van der Waals surface area contributed by atoms with Gasteiger partial charge in [-0.05, 0) is 37.1 Å². The van der Waals surface area contributed by atoms with Crippen molar-refractivity contribution in [3.8, 4) is 0 Å². The molecule has 0 radical (unpaired) electrons. The summed E-state index contributed by atoms with van der Waals surface area (Å²) in [6, 6.07) is 8.46. The van der Waals surface area contributed by atoms with Crippen LogP contribution in [0.2, 0.25) is 0 Å². The first-order valence-electron chi connectivity index (χ1n) is 9.32. The molecule has 2 aromatic rings. The van der Waals surface area contributed by atoms with Crippen LogP contribution in [0.3, 0.4) is 0 Å². The number of nitrogens with zero attached hydrogens (tertiary/aromatic N) is 4. The Balaban J connectivity index is 1.84. The summed E-state index contributed by atoms with van der Waals surface area (Å²) in [7, 11) is -10.6. The second-order valence-electron chi connectivity index (χ2n) is 6.74. The third-order valence-corrected chi connectivity index (χ3v) is 9.69. The Morgan fingerprint density at radius 1 is 0.750 bits per heavy atom. The molecule has 170 valence electrons. The van der Waals surface area contributed by atoms with Crippen LogP contribution < -0.4 is 21.2 Å². The fourth-order valence-corrected chi connectivity index (χ4v) is 7.22. The maximum Gasteiger partial charge on any atom is 0.294 e. The monoisotopic (exact) mass is 514 g/mol. The van der Waals surface area contributed by atoms with Crippen LogP contribution in [0.5, 0.6) is 0 Å². The van der Waals surface area contributed by atoms with Gasteiger partial charge in [0.05, 0.1) is 42.3 Å². The number of hydrogen-bond acceptors (Lipinski definition) is 4. The van der Waals surface area contributed by atoms with Crippen LogP contribution in [-0.4, -0.2) is 25.9 Å². The molecule has 10 nitrogen and oxygen atoms in total. The average Bonchev–Trinajstić information content (AvgIpc) is 3.26. The van der Waals surface area contributed by atoms with E-state index in [9.17, 15) is 25.9 Å². The van der Waals surface area contributed by atoms with Crippen LogP contribution in [0, 0.1) is 0 Å². The van der Waals surface area contributed by atoms with Gasteiger partial charge >= 0.3 is 0 Å². The minimum Gasteiger partial charge on any atom is -0.282 e. The van der Waals surface area contributed by atoms with Crippen LogP contribution in [0.25, 0.3) is 9.81 Å². The first-order valence-corrected chi connectivity index (χ1v) is 14.5. The van der Waals surface area contributed by atoms with Crippen molar-refractivity contribution in [2.45, 2.75) is 36.5 Å². The van der Waals surface area contributed by atoms with Crippen LogP contribution >= 0.6 is 0 Å². The molecule has 0 saturated heterocycles. The van der Waals surface area contributed by atoms with Gasteiger partial charge in [-0.15, -0.1) is 0 Å². The summed E-state index contributed by atoms with van der Waals surface area (Å²) < 4.78 is 82.0. The van der Waals surface area contributed by atoms with Crippen molar-refractivity contribution in [1.29, 1.82) is 0 Å². The zero-order valence-electron chi connectivity index (χ0n) is 16.8. The second kappa shape index (κ2) is 8.35. The molecule has 2 unspecified atom stereocenters. The molecule has 0 fully saturated rings. The lowest BCUT2D eigenvalue weighted by Crippen LogP contribution is -2.24. The molecule has 2 heterocycles. The van der Waals surface area contributed by atoms with Crippen molar-refractivity contribution in [2.75, 3.05) is 0 Å². The van der Waals surface area contributed by atoms with E-state index in [1.165, 1.54) is 24.3 Å². The molecular weight excluding hydrogens is 496 g/mol. The first-order chi connectivity index (χ1) is 15.0. The zero-order chi connectivity index (χ0) is 23.3. The number of fused-ring (bicyclic) bond motifs is 2. The van der Waals surface area contributed by atoms with Gasteiger partial charge in [-0.2, -0.15) is 25.6 Å². The van der Waals surface area contributed by atoms with E-state index in [4.69, 9.17) is 0 Å². The summed E-state index contributed by atoms with van der Waals surface area (Å²) in [5, 5.41) is 2.36. The van der Waals surface area contributed by atoms with Gasteiger partial charge < -0.3 is 0 Å². The van der Waals surface area contributed by atoms with Crippen molar-refractivity contribution in [1.82, 2.24) is 0 Å². The minimum absolute atomic E-state index is 0.239. The van der Waals surface area contributed by atoms with Crippen molar-refractivity contribution < 1.29 is 25.9 Å². The molecule has 0 amide bonds. The van der Waals surface area contributed by atoms with Crippen molar-refractivity contribution in [2.24, 2.45) is 17.7 Å². The van der Waals surface area contributed by atoms with Gasteiger partial charge in [0.15, 0.2) is 0 Å². The molecular formula is C18H18N4O6S4. The van der Waals surface area contributed by atoms with Crippen molar-refractivity contribution >= 4 is 51.8 Å². The quantitative estimate of drug-likeness (QED) is 0.438. The van der Waals surface area contributed by atoms with E-state index in [1.807, 2.05) is 13.8 Å². The smallest absolute Gasteiger partial charge is 0.282 e.